The monoisotopic (exact) mass is 365 g/mol. The predicted octanol–water partition coefficient (Wildman–Crippen LogP) is 2.95. The van der Waals surface area contributed by atoms with Crippen molar-refractivity contribution in [2.45, 2.75) is 42.9 Å². The molecule has 0 bridgehead atoms. The van der Waals surface area contributed by atoms with Gasteiger partial charge in [-0.2, -0.15) is 4.31 Å². The number of carbonyl (C=O) groups excluding carboxylic acids is 1. The number of nitrogens with zero attached hydrogens (tertiary/aromatic N) is 1. The van der Waals surface area contributed by atoms with Crippen molar-refractivity contribution in [2.75, 3.05) is 7.05 Å². The van der Waals surface area contributed by atoms with Gasteiger partial charge in [0.25, 0.3) is 10.0 Å². The van der Waals surface area contributed by atoms with Gasteiger partial charge in [0, 0.05) is 25.9 Å². The van der Waals surface area contributed by atoms with E-state index in [1.165, 1.54) is 15.6 Å². The van der Waals surface area contributed by atoms with Crippen LogP contribution in [0.15, 0.2) is 14.1 Å². The van der Waals surface area contributed by atoms with E-state index in [0.717, 1.165) is 9.35 Å². The number of hydrogen-bond acceptors (Lipinski definition) is 4. The molecule has 0 aromatic carbocycles. The third-order valence-corrected chi connectivity index (χ3v) is 7.99. The summed E-state index contributed by atoms with van der Waals surface area (Å²) in [7, 11) is -1.84. The summed E-state index contributed by atoms with van der Waals surface area (Å²) >= 11 is 4.59. The Hall–Kier alpha value is -0.240. The molecule has 2 rings (SSSR count). The van der Waals surface area contributed by atoms with Crippen molar-refractivity contribution >= 4 is 43.1 Å². The van der Waals surface area contributed by atoms with Crippen LogP contribution in [0.3, 0.4) is 0 Å². The minimum absolute atomic E-state index is 0.0659. The van der Waals surface area contributed by atoms with Crippen molar-refractivity contribution in [1.82, 2.24) is 4.31 Å². The molecule has 1 heterocycles. The first-order chi connectivity index (χ1) is 8.82. The number of sulfonamides is 1. The zero-order chi connectivity index (χ0) is 14.2. The lowest BCUT2D eigenvalue weighted by Crippen LogP contribution is -2.39. The molecule has 106 valence electrons. The maximum Gasteiger partial charge on any atom is 0.252 e. The second-order valence-electron chi connectivity index (χ2n) is 4.81. The van der Waals surface area contributed by atoms with Gasteiger partial charge in [-0.1, -0.05) is 0 Å². The summed E-state index contributed by atoms with van der Waals surface area (Å²) in [5.41, 5.74) is 0.927. The summed E-state index contributed by atoms with van der Waals surface area (Å²) in [6, 6.07) is 1.62. The molecule has 1 aromatic rings. The van der Waals surface area contributed by atoms with Crippen molar-refractivity contribution in [3.63, 3.8) is 0 Å². The van der Waals surface area contributed by atoms with Crippen LogP contribution in [0.25, 0.3) is 0 Å². The van der Waals surface area contributed by atoms with Crippen LogP contribution in [0.4, 0.5) is 0 Å². The summed E-state index contributed by atoms with van der Waals surface area (Å²) < 4.78 is 27.6. The summed E-state index contributed by atoms with van der Waals surface area (Å²) in [6.07, 6.45) is 2.22. The van der Waals surface area contributed by atoms with Crippen molar-refractivity contribution in [1.29, 1.82) is 0 Å². The average molecular weight is 366 g/mol. The molecule has 1 fully saturated rings. The number of halogens is 1. The lowest BCUT2D eigenvalue weighted by Gasteiger charge is -2.29. The molecular weight excluding hydrogens is 350 g/mol. The van der Waals surface area contributed by atoms with Crippen LogP contribution < -0.4 is 0 Å². The number of ketones is 1. The molecule has 0 aliphatic heterocycles. The van der Waals surface area contributed by atoms with Crippen LogP contribution in [0.5, 0.6) is 0 Å². The number of thiophene rings is 1. The van der Waals surface area contributed by atoms with Gasteiger partial charge in [0.2, 0.25) is 0 Å². The Balaban J connectivity index is 2.21. The highest BCUT2D eigenvalue weighted by molar-refractivity contribution is 9.11. The molecule has 1 aromatic heterocycles. The first-order valence-electron chi connectivity index (χ1n) is 6.08. The Kier molecular flexibility index (Phi) is 4.49. The van der Waals surface area contributed by atoms with E-state index in [1.807, 2.05) is 6.92 Å². The zero-order valence-corrected chi connectivity index (χ0v) is 14.1. The van der Waals surface area contributed by atoms with Crippen LogP contribution in [-0.4, -0.2) is 31.6 Å². The first kappa shape index (κ1) is 15.2. The highest BCUT2D eigenvalue weighted by Gasteiger charge is 2.32. The maximum atomic E-state index is 12.5. The van der Waals surface area contributed by atoms with Crippen molar-refractivity contribution in [3.8, 4) is 0 Å². The van der Waals surface area contributed by atoms with Crippen molar-refractivity contribution in [3.05, 3.63) is 15.4 Å². The van der Waals surface area contributed by atoms with Crippen LogP contribution in [0.1, 0.15) is 31.2 Å². The standard InChI is InChI=1S/C12H16BrNO3S2/c1-8-7-11(18-12(8)13)19(16,17)14(2)9-3-5-10(15)6-4-9/h7,9H,3-6H2,1-2H3. The third kappa shape index (κ3) is 3.09. The second-order valence-corrected chi connectivity index (χ2v) is 9.41. The Morgan fingerprint density at radius 2 is 1.95 bits per heavy atom. The molecule has 0 amide bonds. The SMILES string of the molecule is Cc1cc(S(=O)(=O)N(C)C2CCC(=O)CC2)sc1Br. The van der Waals surface area contributed by atoms with E-state index in [9.17, 15) is 13.2 Å². The van der Waals surface area contributed by atoms with Gasteiger partial charge < -0.3 is 0 Å². The number of hydrogen-bond donors (Lipinski definition) is 0. The fourth-order valence-electron chi connectivity index (χ4n) is 2.19. The average Bonchev–Trinajstić information content (AvgIpc) is 2.70. The molecule has 19 heavy (non-hydrogen) atoms. The molecule has 1 aliphatic rings. The van der Waals surface area contributed by atoms with E-state index in [0.29, 0.717) is 29.9 Å². The molecule has 0 spiro atoms. The third-order valence-electron chi connectivity index (χ3n) is 3.49. The minimum atomic E-state index is -3.45. The summed E-state index contributed by atoms with van der Waals surface area (Å²) in [5, 5.41) is 0. The molecule has 0 saturated heterocycles. The summed E-state index contributed by atoms with van der Waals surface area (Å²) in [5.74, 6) is 0.233. The van der Waals surface area contributed by atoms with Crippen molar-refractivity contribution in [2.24, 2.45) is 0 Å². The maximum absolute atomic E-state index is 12.5. The lowest BCUT2D eigenvalue weighted by molar-refractivity contribution is -0.120. The zero-order valence-electron chi connectivity index (χ0n) is 10.8. The van der Waals surface area contributed by atoms with E-state index in [1.54, 1.807) is 13.1 Å². The van der Waals surface area contributed by atoms with Gasteiger partial charge >= 0.3 is 0 Å². The van der Waals surface area contributed by atoms with E-state index in [2.05, 4.69) is 15.9 Å². The van der Waals surface area contributed by atoms with Crippen LogP contribution in [0, 0.1) is 6.92 Å². The van der Waals surface area contributed by atoms with Crippen LogP contribution in [0.2, 0.25) is 0 Å². The first-order valence-corrected chi connectivity index (χ1v) is 9.13. The molecule has 7 heteroatoms. The molecule has 4 nitrogen and oxygen atoms in total. The van der Waals surface area contributed by atoms with Gasteiger partial charge in [-0.3, -0.25) is 4.79 Å². The fraction of sp³-hybridized carbons (Fsp3) is 0.583. The van der Waals surface area contributed by atoms with Crippen LogP contribution >= 0.6 is 27.3 Å². The van der Waals surface area contributed by atoms with Gasteiger partial charge in [-0.25, -0.2) is 8.42 Å². The molecule has 1 saturated carbocycles. The molecule has 0 unspecified atom stereocenters. The second kappa shape index (κ2) is 5.63. The largest absolute Gasteiger partial charge is 0.300 e. The normalized spacial score (nSPS) is 18.2. The Bertz CT molecular complexity index is 565. The van der Waals surface area contributed by atoms with Crippen LogP contribution in [-0.2, 0) is 14.8 Å². The highest BCUT2D eigenvalue weighted by Crippen LogP contribution is 2.33. The smallest absolute Gasteiger partial charge is 0.252 e. The number of aryl methyl sites for hydroxylation is 1. The van der Waals surface area contributed by atoms with Crippen molar-refractivity contribution < 1.29 is 13.2 Å². The van der Waals surface area contributed by atoms with E-state index < -0.39 is 10.0 Å². The molecule has 0 atom stereocenters. The molecule has 0 N–H and O–H groups in total. The quantitative estimate of drug-likeness (QED) is 0.827. The summed E-state index contributed by atoms with van der Waals surface area (Å²) in [4.78, 5) is 11.2. The number of rotatable bonds is 3. The molecule has 0 radical (unpaired) electrons. The number of Topliss-reactive ketones (excluding diaryl/α,β-unsaturated/α-hetero) is 1. The van der Waals surface area contributed by atoms with Gasteiger partial charge in [0.05, 0.1) is 3.79 Å². The fourth-order valence-corrected chi connectivity index (χ4v) is 6.01. The molecular formula is C12H16BrNO3S2. The van der Waals surface area contributed by atoms with E-state index >= 15 is 0 Å². The van der Waals surface area contributed by atoms with Gasteiger partial charge in [-0.05, 0) is 47.3 Å². The lowest BCUT2D eigenvalue weighted by atomic mass is 9.95. The molecule has 1 aliphatic carbocycles. The summed E-state index contributed by atoms with van der Waals surface area (Å²) in [6.45, 7) is 1.87. The van der Waals surface area contributed by atoms with Gasteiger partial charge in [0.15, 0.2) is 0 Å². The Morgan fingerprint density at radius 1 is 1.37 bits per heavy atom. The Labute approximate surface area is 126 Å². The minimum Gasteiger partial charge on any atom is -0.300 e. The topological polar surface area (TPSA) is 54.5 Å². The van der Waals surface area contributed by atoms with Gasteiger partial charge in [-0.15, -0.1) is 11.3 Å². The van der Waals surface area contributed by atoms with Gasteiger partial charge in [0.1, 0.15) is 9.99 Å². The highest BCUT2D eigenvalue weighted by atomic mass is 79.9. The number of carbonyl (C=O) groups is 1. The Morgan fingerprint density at radius 3 is 2.42 bits per heavy atom. The van der Waals surface area contributed by atoms with E-state index in [4.69, 9.17) is 0 Å². The van der Waals surface area contributed by atoms with E-state index in [-0.39, 0.29) is 11.8 Å². The predicted molar refractivity (Wildman–Crippen MR) is 79.0 cm³/mol.